The molecule has 4 heteroatoms. The standard InChI is InChI=1S/C29H44N2O2/c1-3-5-7-9-11-12-13-15-17-26-23-24-30-29(31-26)25-19-21-27(22-20-25)33-28(32)18-16-14-10-8-6-4-2/h19-24H,3-18H2,1-2H3. The van der Waals surface area contributed by atoms with E-state index in [-0.39, 0.29) is 5.97 Å². The van der Waals surface area contributed by atoms with Crippen molar-refractivity contribution in [3.63, 3.8) is 0 Å². The van der Waals surface area contributed by atoms with E-state index in [1.165, 1.54) is 77.0 Å². The van der Waals surface area contributed by atoms with Gasteiger partial charge in [0.2, 0.25) is 0 Å². The lowest BCUT2D eigenvalue weighted by atomic mass is 10.1. The topological polar surface area (TPSA) is 52.1 Å². The zero-order valence-corrected chi connectivity index (χ0v) is 21.0. The Morgan fingerprint density at radius 3 is 1.94 bits per heavy atom. The Balaban J connectivity index is 1.71. The van der Waals surface area contributed by atoms with Crippen LogP contribution in [0.15, 0.2) is 36.5 Å². The molecule has 0 radical (unpaired) electrons. The lowest BCUT2D eigenvalue weighted by Gasteiger charge is -2.07. The molecule has 0 saturated heterocycles. The van der Waals surface area contributed by atoms with Gasteiger partial charge in [-0.25, -0.2) is 9.97 Å². The van der Waals surface area contributed by atoms with Crippen LogP contribution in [0.25, 0.3) is 11.4 Å². The zero-order chi connectivity index (χ0) is 23.6. The van der Waals surface area contributed by atoms with Crippen LogP contribution in [0.3, 0.4) is 0 Å². The maximum Gasteiger partial charge on any atom is 0.311 e. The van der Waals surface area contributed by atoms with Gasteiger partial charge in [0.25, 0.3) is 0 Å². The van der Waals surface area contributed by atoms with E-state index in [0.29, 0.717) is 12.2 Å². The van der Waals surface area contributed by atoms with Gasteiger partial charge in [0, 0.05) is 23.9 Å². The van der Waals surface area contributed by atoms with Crippen LogP contribution in [0, 0.1) is 0 Å². The fraction of sp³-hybridized carbons (Fsp3) is 0.621. The first kappa shape index (κ1) is 27.0. The van der Waals surface area contributed by atoms with Crippen LogP contribution in [0.4, 0.5) is 0 Å². The van der Waals surface area contributed by atoms with Crippen LogP contribution in [-0.2, 0) is 11.2 Å². The van der Waals surface area contributed by atoms with Crippen molar-refractivity contribution in [3.8, 4) is 17.1 Å². The number of aromatic nitrogens is 2. The summed E-state index contributed by atoms with van der Waals surface area (Å²) in [6.07, 6.45) is 20.9. The third-order valence-corrected chi connectivity index (χ3v) is 6.08. The van der Waals surface area contributed by atoms with E-state index in [2.05, 4.69) is 18.8 Å². The van der Waals surface area contributed by atoms with Crippen LogP contribution in [0.5, 0.6) is 5.75 Å². The fourth-order valence-corrected chi connectivity index (χ4v) is 4.02. The normalized spacial score (nSPS) is 11.0. The van der Waals surface area contributed by atoms with Crippen molar-refractivity contribution in [2.45, 2.75) is 117 Å². The number of carbonyl (C=O) groups excluding carboxylic acids is 1. The van der Waals surface area contributed by atoms with Gasteiger partial charge in [0.15, 0.2) is 5.82 Å². The van der Waals surface area contributed by atoms with Gasteiger partial charge in [-0.2, -0.15) is 0 Å². The summed E-state index contributed by atoms with van der Waals surface area (Å²) in [4.78, 5) is 21.2. The minimum atomic E-state index is -0.151. The highest BCUT2D eigenvalue weighted by Crippen LogP contribution is 2.21. The number of ether oxygens (including phenoxy) is 1. The largest absolute Gasteiger partial charge is 0.427 e. The number of aryl methyl sites for hydroxylation is 1. The van der Waals surface area contributed by atoms with E-state index in [9.17, 15) is 4.79 Å². The summed E-state index contributed by atoms with van der Waals surface area (Å²) in [5, 5.41) is 0. The minimum absolute atomic E-state index is 0.151. The van der Waals surface area contributed by atoms with E-state index >= 15 is 0 Å². The Labute approximate surface area is 201 Å². The van der Waals surface area contributed by atoms with Crippen LogP contribution >= 0.6 is 0 Å². The van der Waals surface area contributed by atoms with Crippen LogP contribution in [0.1, 0.15) is 116 Å². The summed E-state index contributed by atoms with van der Waals surface area (Å²) in [5.74, 6) is 1.17. The minimum Gasteiger partial charge on any atom is -0.427 e. The Morgan fingerprint density at radius 2 is 1.30 bits per heavy atom. The molecule has 0 bridgehead atoms. The number of nitrogens with zero attached hydrogens (tertiary/aromatic N) is 2. The monoisotopic (exact) mass is 452 g/mol. The summed E-state index contributed by atoms with van der Waals surface area (Å²) in [6, 6.07) is 9.56. The fourth-order valence-electron chi connectivity index (χ4n) is 4.02. The van der Waals surface area contributed by atoms with E-state index in [4.69, 9.17) is 9.72 Å². The molecule has 2 rings (SSSR count). The highest BCUT2D eigenvalue weighted by molar-refractivity contribution is 5.72. The van der Waals surface area contributed by atoms with E-state index in [1.807, 2.05) is 36.5 Å². The van der Waals surface area contributed by atoms with E-state index < -0.39 is 0 Å². The summed E-state index contributed by atoms with van der Waals surface area (Å²) >= 11 is 0. The van der Waals surface area contributed by atoms with Gasteiger partial charge in [0.05, 0.1) is 0 Å². The van der Waals surface area contributed by atoms with Gasteiger partial charge in [0.1, 0.15) is 5.75 Å². The molecule has 0 unspecified atom stereocenters. The molecule has 4 nitrogen and oxygen atoms in total. The zero-order valence-electron chi connectivity index (χ0n) is 21.0. The number of carbonyl (C=O) groups is 1. The van der Waals surface area contributed by atoms with E-state index in [1.54, 1.807) is 0 Å². The molecule has 0 fully saturated rings. The summed E-state index contributed by atoms with van der Waals surface area (Å²) < 4.78 is 5.48. The first-order valence-electron chi connectivity index (χ1n) is 13.4. The molecule has 182 valence electrons. The third kappa shape index (κ3) is 12.0. The van der Waals surface area contributed by atoms with Crippen molar-refractivity contribution in [1.29, 1.82) is 0 Å². The molecule has 0 N–H and O–H groups in total. The number of hydrogen-bond donors (Lipinski definition) is 0. The first-order valence-corrected chi connectivity index (χ1v) is 13.4. The van der Waals surface area contributed by atoms with Crippen LogP contribution < -0.4 is 4.74 Å². The summed E-state index contributed by atoms with van der Waals surface area (Å²) in [5.41, 5.74) is 2.05. The van der Waals surface area contributed by atoms with Gasteiger partial charge in [-0.15, -0.1) is 0 Å². The average Bonchev–Trinajstić information content (AvgIpc) is 2.83. The molecule has 0 saturated carbocycles. The second-order valence-corrected chi connectivity index (χ2v) is 9.11. The molecule has 33 heavy (non-hydrogen) atoms. The molecule has 0 aliphatic heterocycles. The van der Waals surface area contributed by atoms with Crippen molar-refractivity contribution in [2.24, 2.45) is 0 Å². The van der Waals surface area contributed by atoms with Crippen molar-refractivity contribution < 1.29 is 9.53 Å². The van der Waals surface area contributed by atoms with E-state index in [0.717, 1.165) is 36.3 Å². The van der Waals surface area contributed by atoms with Crippen molar-refractivity contribution >= 4 is 5.97 Å². The lowest BCUT2D eigenvalue weighted by molar-refractivity contribution is -0.134. The Kier molecular flexibility index (Phi) is 14.1. The maximum atomic E-state index is 12.1. The summed E-state index contributed by atoms with van der Waals surface area (Å²) in [7, 11) is 0. The predicted octanol–water partition coefficient (Wildman–Crippen LogP) is 8.48. The number of hydrogen-bond acceptors (Lipinski definition) is 4. The second kappa shape index (κ2) is 17.3. The van der Waals surface area contributed by atoms with Crippen LogP contribution in [-0.4, -0.2) is 15.9 Å². The highest BCUT2D eigenvalue weighted by Gasteiger charge is 2.07. The molecular weight excluding hydrogens is 408 g/mol. The number of esters is 1. The molecule has 2 aromatic rings. The molecule has 1 aromatic carbocycles. The molecular formula is C29H44N2O2. The molecule has 0 spiro atoms. The molecule has 0 atom stereocenters. The van der Waals surface area contributed by atoms with Gasteiger partial charge >= 0.3 is 5.97 Å². The smallest absolute Gasteiger partial charge is 0.311 e. The lowest BCUT2D eigenvalue weighted by Crippen LogP contribution is -2.07. The van der Waals surface area contributed by atoms with Gasteiger partial charge < -0.3 is 4.74 Å². The first-order chi connectivity index (χ1) is 16.2. The maximum absolute atomic E-state index is 12.1. The number of rotatable bonds is 18. The summed E-state index contributed by atoms with van der Waals surface area (Å²) in [6.45, 7) is 4.47. The Bertz CT molecular complexity index is 773. The highest BCUT2D eigenvalue weighted by atomic mass is 16.5. The van der Waals surface area contributed by atoms with Crippen LogP contribution in [0.2, 0.25) is 0 Å². The van der Waals surface area contributed by atoms with Gasteiger partial charge in [-0.3, -0.25) is 4.79 Å². The molecule has 1 heterocycles. The molecule has 0 aliphatic carbocycles. The van der Waals surface area contributed by atoms with Gasteiger partial charge in [-0.05, 0) is 49.6 Å². The quantitative estimate of drug-likeness (QED) is 0.129. The second-order valence-electron chi connectivity index (χ2n) is 9.11. The van der Waals surface area contributed by atoms with Crippen molar-refractivity contribution in [1.82, 2.24) is 9.97 Å². The van der Waals surface area contributed by atoms with Gasteiger partial charge in [-0.1, -0.05) is 90.9 Å². The number of unbranched alkanes of at least 4 members (excludes halogenated alkanes) is 12. The van der Waals surface area contributed by atoms with Crippen molar-refractivity contribution in [3.05, 3.63) is 42.2 Å². The number of benzene rings is 1. The molecule has 1 aromatic heterocycles. The van der Waals surface area contributed by atoms with Crippen molar-refractivity contribution in [2.75, 3.05) is 0 Å². The third-order valence-electron chi connectivity index (χ3n) is 6.08. The average molecular weight is 453 g/mol. The Morgan fingerprint density at radius 1 is 0.727 bits per heavy atom. The SMILES string of the molecule is CCCCCCCCCCc1ccnc(-c2ccc(OC(=O)CCCCCCCC)cc2)n1. The molecule has 0 aliphatic rings. The Hall–Kier alpha value is -2.23. The predicted molar refractivity (Wildman–Crippen MR) is 137 cm³/mol. The molecule has 0 amide bonds.